The second-order valence-electron chi connectivity index (χ2n) is 5.35. The van der Waals surface area contributed by atoms with Crippen molar-refractivity contribution < 1.29 is 4.79 Å². The predicted molar refractivity (Wildman–Crippen MR) is 82.5 cm³/mol. The van der Waals surface area contributed by atoms with Crippen molar-refractivity contribution in [2.45, 2.75) is 19.4 Å². The fourth-order valence-corrected chi connectivity index (χ4v) is 2.22. The van der Waals surface area contributed by atoms with E-state index in [4.69, 9.17) is 5.73 Å². The lowest BCUT2D eigenvalue weighted by Crippen LogP contribution is -2.32. The van der Waals surface area contributed by atoms with Crippen molar-refractivity contribution in [1.82, 2.24) is 14.9 Å². The fraction of sp³-hybridized carbons (Fsp3) is 0.375. The monoisotopic (exact) mass is 286 g/mol. The number of benzene rings is 1. The molecule has 0 aliphatic carbocycles. The van der Waals surface area contributed by atoms with Crippen molar-refractivity contribution in [2.24, 2.45) is 18.7 Å². The Balaban J connectivity index is 2.22. The van der Waals surface area contributed by atoms with E-state index in [1.807, 2.05) is 55.1 Å². The zero-order valence-electron chi connectivity index (χ0n) is 12.5. The van der Waals surface area contributed by atoms with E-state index in [0.29, 0.717) is 13.0 Å². The molecule has 112 valence electrons. The summed E-state index contributed by atoms with van der Waals surface area (Å²) in [5.41, 5.74) is 6.60. The summed E-state index contributed by atoms with van der Waals surface area (Å²) in [5.74, 6) is 0.975. The molecule has 0 radical (unpaired) electrons. The predicted octanol–water partition coefficient (Wildman–Crippen LogP) is 1.61. The van der Waals surface area contributed by atoms with Crippen LogP contribution in [0.4, 0.5) is 0 Å². The quantitative estimate of drug-likeness (QED) is 0.847. The molecule has 1 aromatic carbocycles. The number of amides is 1. The summed E-state index contributed by atoms with van der Waals surface area (Å²) in [4.78, 5) is 16.6. The van der Waals surface area contributed by atoms with Crippen LogP contribution in [0.3, 0.4) is 0 Å². The molecule has 1 heterocycles. The van der Waals surface area contributed by atoms with Gasteiger partial charge in [-0.05, 0) is 18.0 Å². The highest BCUT2D eigenvalue weighted by Gasteiger charge is 2.21. The molecule has 21 heavy (non-hydrogen) atoms. The van der Waals surface area contributed by atoms with E-state index in [9.17, 15) is 4.79 Å². The molecule has 0 bridgehead atoms. The topological polar surface area (TPSA) is 72.9 Å². The van der Waals surface area contributed by atoms with E-state index in [0.717, 1.165) is 11.4 Å². The lowest BCUT2D eigenvalue weighted by molar-refractivity contribution is -0.122. The van der Waals surface area contributed by atoms with Gasteiger partial charge in [-0.3, -0.25) is 4.79 Å². The van der Waals surface area contributed by atoms with Crippen molar-refractivity contribution in [2.75, 3.05) is 6.54 Å². The van der Waals surface area contributed by atoms with E-state index >= 15 is 0 Å². The summed E-state index contributed by atoms with van der Waals surface area (Å²) in [5, 5.41) is 3.06. The molecule has 3 N–H and O–H groups in total. The number of imidazole rings is 1. The lowest BCUT2D eigenvalue weighted by atomic mass is 10.0. The highest BCUT2D eigenvalue weighted by atomic mass is 16.1. The third-order valence-corrected chi connectivity index (χ3v) is 3.49. The largest absolute Gasteiger partial charge is 0.342 e. The van der Waals surface area contributed by atoms with Crippen molar-refractivity contribution in [3.05, 3.63) is 54.1 Å². The second kappa shape index (κ2) is 7.04. The standard InChI is InChI=1S/C16H22N4O/c1-12(11-17)10-14(21)19-15(13-6-4-3-5-7-13)16-18-8-9-20(16)2/h3-9,12,15H,10-11,17H2,1-2H3,(H,19,21). The molecule has 0 aliphatic heterocycles. The number of nitrogens with zero attached hydrogens (tertiary/aromatic N) is 2. The SMILES string of the molecule is CC(CN)CC(=O)NC(c1ccccc1)c1nccn1C. The maximum Gasteiger partial charge on any atom is 0.221 e. The van der Waals surface area contributed by atoms with Gasteiger partial charge in [-0.1, -0.05) is 37.3 Å². The summed E-state index contributed by atoms with van der Waals surface area (Å²) < 4.78 is 1.92. The van der Waals surface area contributed by atoms with Crippen LogP contribution in [0.1, 0.15) is 30.8 Å². The Hall–Kier alpha value is -2.14. The Bertz CT molecular complexity index is 579. The van der Waals surface area contributed by atoms with Crippen molar-refractivity contribution in [3.8, 4) is 0 Å². The summed E-state index contributed by atoms with van der Waals surface area (Å²) in [7, 11) is 1.92. The number of nitrogens with one attached hydrogen (secondary N) is 1. The van der Waals surface area contributed by atoms with Gasteiger partial charge in [0.2, 0.25) is 5.91 Å². The summed E-state index contributed by atoms with van der Waals surface area (Å²) in [6.07, 6.45) is 4.03. The van der Waals surface area contributed by atoms with Crippen LogP contribution in [0, 0.1) is 5.92 Å². The molecule has 0 fully saturated rings. The molecule has 2 rings (SSSR count). The number of carbonyl (C=O) groups is 1. The van der Waals surface area contributed by atoms with Crippen LogP contribution in [0.5, 0.6) is 0 Å². The highest BCUT2D eigenvalue weighted by Crippen LogP contribution is 2.20. The molecule has 0 spiro atoms. The Morgan fingerprint density at radius 1 is 1.38 bits per heavy atom. The minimum absolute atomic E-state index is 0.00944. The molecule has 1 aromatic heterocycles. The third-order valence-electron chi connectivity index (χ3n) is 3.49. The zero-order chi connectivity index (χ0) is 15.2. The smallest absolute Gasteiger partial charge is 0.221 e. The second-order valence-corrected chi connectivity index (χ2v) is 5.35. The number of hydrogen-bond acceptors (Lipinski definition) is 3. The molecule has 2 atom stereocenters. The normalized spacial score (nSPS) is 13.7. The number of aryl methyl sites for hydroxylation is 1. The Kier molecular flexibility index (Phi) is 5.11. The van der Waals surface area contributed by atoms with E-state index in [1.165, 1.54) is 0 Å². The van der Waals surface area contributed by atoms with Gasteiger partial charge in [-0.15, -0.1) is 0 Å². The molecule has 1 amide bonds. The number of nitrogens with two attached hydrogens (primary N) is 1. The molecule has 2 aromatic rings. The number of aromatic nitrogens is 2. The van der Waals surface area contributed by atoms with Gasteiger partial charge in [0.25, 0.3) is 0 Å². The molecular formula is C16H22N4O. The average molecular weight is 286 g/mol. The Morgan fingerprint density at radius 2 is 2.10 bits per heavy atom. The first kappa shape index (κ1) is 15.3. The third kappa shape index (κ3) is 3.92. The van der Waals surface area contributed by atoms with Gasteiger partial charge in [-0.25, -0.2) is 4.98 Å². The van der Waals surface area contributed by atoms with E-state index in [1.54, 1.807) is 6.20 Å². The number of rotatable bonds is 6. The first-order valence-corrected chi connectivity index (χ1v) is 7.13. The van der Waals surface area contributed by atoms with Crippen LogP contribution in [-0.2, 0) is 11.8 Å². The van der Waals surface area contributed by atoms with Crippen molar-refractivity contribution in [3.63, 3.8) is 0 Å². The van der Waals surface area contributed by atoms with E-state index < -0.39 is 0 Å². The molecule has 5 nitrogen and oxygen atoms in total. The van der Waals surface area contributed by atoms with Gasteiger partial charge in [0.05, 0.1) is 0 Å². The zero-order valence-corrected chi connectivity index (χ0v) is 12.5. The molecule has 0 saturated heterocycles. The number of hydrogen-bond donors (Lipinski definition) is 2. The van der Waals surface area contributed by atoms with E-state index in [2.05, 4.69) is 10.3 Å². The molecule has 2 unspecified atom stereocenters. The fourth-order valence-electron chi connectivity index (χ4n) is 2.22. The Morgan fingerprint density at radius 3 is 2.67 bits per heavy atom. The van der Waals surface area contributed by atoms with Crippen LogP contribution in [0.15, 0.2) is 42.7 Å². The summed E-state index contributed by atoms with van der Waals surface area (Å²) >= 11 is 0. The maximum atomic E-state index is 12.2. The average Bonchev–Trinajstić information content (AvgIpc) is 2.91. The van der Waals surface area contributed by atoms with Crippen molar-refractivity contribution >= 4 is 5.91 Å². The highest BCUT2D eigenvalue weighted by molar-refractivity contribution is 5.77. The van der Waals surface area contributed by atoms with Gasteiger partial charge in [0, 0.05) is 25.9 Å². The molecule has 5 heteroatoms. The van der Waals surface area contributed by atoms with Crippen LogP contribution < -0.4 is 11.1 Å². The van der Waals surface area contributed by atoms with Gasteiger partial charge in [-0.2, -0.15) is 0 Å². The lowest BCUT2D eigenvalue weighted by Gasteiger charge is -2.20. The van der Waals surface area contributed by atoms with Crippen LogP contribution in [-0.4, -0.2) is 22.0 Å². The van der Waals surface area contributed by atoms with Crippen LogP contribution in [0.2, 0.25) is 0 Å². The molecule has 0 saturated carbocycles. The van der Waals surface area contributed by atoms with Gasteiger partial charge < -0.3 is 15.6 Å². The van der Waals surface area contributed by atoms with Crippen LogP contribution >= 0.6 is 0 Å². The molecular weight excluding hydrogens is 264 g/mol. The first-order chi connectivity index (χ1) is 10.1. The van der Waals surface area contributed by atoms with Gasteiger partial charge in [0.15, 0.2) is 0 Å². The minimum Gasteiger partial charge on any atom is -0.342 e. The van der Waals surface area contributed by atoms with Gasteiger partial charge >= 0.3 is 0 Å². The van der Waals surface area contributed by atoms with Crippen LogP contribution in [0.25, 0.3) is 0 Å². The molecule has 0 aliphatic rings. The first-order valence-electron chi connectivity index (χ1n) is 7.13. The summed E-state index contributed by atoms with van der Waals surface area (Å²) in [6.45, 7) is 2.48. The minimum atomic E-state index is -0.247. The Labute approximate surface area is 125 Å². The van der Waals surface area contributed by atoms with E-state index in [-0.39, 0.29) is 17.9 Å². The van der Waals surface area contributed by atoms with Crippen molar-refractivity contribution in [1.29, 1.82) is 0 Å². The summed E-state index contributed by atoms with van der Waals surface area (Å²) in [6, 6.07) is 9.61. The maximum absolute atomic E-state index is 12.2. The van der Waals surface area contributed by atoms with Gasteiger partial charge in [0.1, 0.15) is 11.9 Å². The number of carbonyl (C=O) groups excluding carboxylic acids is 1.